The molecule has 3 aromatic carbocycles. The monoisotopic (exact) mass is 323 g/mol. The lowest BCUT2D eigenvalue weighted by molar-refractivity contribution is 1.52. The van der Waals surface area contributed by atoms with Crippen LogP contribution in [0.1, 0.15) is 0 Å². The Balaban J connectivity index is 1.99. The summed E-state index contributed by atoms with van der Waals surface area (Å²) < 4.78 is 1.07. The van der Waals surface area contributed by atoms with Gasteiger partial charge in [-0.3, -0.25) is 0 Å². The predicted octanol–water partition coefficient (Wildman–Crippen LogP) is 5.86. The molecule has 0 spiro atoms. The van der Waals surface area contributed by atoms with Crippen molar-refractivity contribution in [2.45, 2.75) is 0 Å². The summed E-state index contributed by atoms with van der Waals surface area (Å²) in [6.07, 6.45) is 0. The Bertz CT molecular complexity index is 707. The van der Waals surface area contributed by atoms with E-state index < -0.39 is 0 Å². The molecule has 0 bridgehead atoms. The van der Waals surface area contributed by atoms with Crippen LogP contribution in [-0.4, -0.2) is 0 Å². The highest BCUT2D eigenvalue weighted by Gasteiger charge is 2.04. The van der Waals surface area contributed by atoms with E-state index >= 15 is 0 Å². The van der Waals surface area contributed by atoms with Crippen LogP contribution in [0, 0.1) is 0 Å². The SMILES string of the molecule is Brc1cccc(Nc2ccccc2-c2ccccc2)c1. The number of rotatable bonds is 3. The van der Waals surface area contributed by atoms with Crippen LogP contribution in [0.15, 0.2) is 83.3 Å². The van der Waals surface area contributed by atoms with Gasteiger partial charge in [-0.25, -0.2) is 0 Å². The molecule has 1 N–H and O–H groups in total. The Morgan fingerprint density at radius 2 is 1.45 bits per heavy atom. The lowest BCUT2D eigenvalue weighted by atomic mass is 10.0. The number of anilines is 2. The van der Waals surface area contributed by atoms with Gasteiger partial charge in [-0.15, -0.1) is 0 Å². The van der Waals surface area contributed by atoms with E-state index in [0.29, 0.717) is 0 Å². The summed E-state index contributed by atoms with van der Waals surface area (Å²) in [4.78, 5) is 0. The fourth-order valence-electron chi connectivity index (χ4n) is 2.18. The summed E-state index contributed by atoms with van der Waals surface area (Å²) in [6.45, 7) is 0. The zero-order valence-electron chi connectivity index (χ0n) is 10.9. The minimum atomic E-state index is 1.07. The number of benzene rings is 3. The van der Waals surface area contributed by atoms with Crippen LogP contribution in [0.5, 0.6) is 0 Å². The Labute approximate surface area is 127 Å². The molecule has 0 saturated heterocycles. The van der Waals surface area contributed by atoms with Crippen molar-refractivity contribution in [1.29, 1.82) is 0 Å². The molecule has 1 nitrogen and oxygen atoms in total. The maximum Gasteiger partial charge on any atom is 0.0463 e. The van der Waals surface area contributed by atoms with Crippen molar-refractivity contribution in [3.8, 4) is 11.1 Å². The zero-order chi connectivity index (χ0) is 13.8. The first-order valence-electron chi connectivity index (χ1n) is 6.50. The Hall–Kier alpha value is -2.06. The van der Waals surface area contributed by atoms with Gasteiger partial charge < -0.3 is 5.32 Å². The van der Waals surface area contributed by atoms with E-state index in [1.54, 1.807) is 0 Å². The average Bonchev–Trinajstić information content (AvgIpc) is 2.49. The van der Waals surface area contributed by atoms with Gasteiger partial charge >= 0.3 is 0 Å². The topological polar surface area (TPSA) is 12.0 Å². The van der Waals surface area contributed by atoms with Gasteiger partial charge in [0.2, 0.25) is 0 Å². The molecule has 2 heteroatoms. The normalized spacial score (nSPS) is 10.2. The largest absolute Gasteiger partial charge is 0.355 e. The minimum Gasteiger partial charge on any atom is -0.355 e. The average molecular weight is 324 g/mol. The molecule has 0 amide bonds. The first-order valence-corrected chi connectivity index (χ1v) is 7.29. The van der Waals surface area contributed by atoms with Gasteiger partial charge in [0.15, 0.2) is 0 Å². The molecule has 0 fully saturated rings. The van der Waals surface area contributed by atoms with E-state index in [1.165, 1.54) is 11.1 Å². The first-order chi connectivity index (χ1) is 9.83. The highest BCUT2D eigenvalue weighted by molar-refractivity contribution is 9.10. The Morgan fingerprint density at radius 1 is 0.700 bits per heavy atom. The number of halogens is 1. The van der Waals surface area contributed by atoms with Crippen molar-refractivity contribution in [1.82, 2.24) is 0 Å². The van der Waals surface area contributed by atoms with Gasteiger partial charge in [0.05, 0.1) is 0 Å². The summed E-state index contributed by atoms with van der Waals surface area (Å²) >= 11 is 3.50. The smallest absolute Gasteiger partial charge is 0.0463 e. The number of para-hydroxylation sites is 1. The van der Waals surface area contributed by atoms with E-state index in [1.807, 2.05) is 24.3 Å². The molecule has 3 aromatic rings. The van der Waals surface area contributed by atoms with E-state index in [0.717, 1.165) is 15.8 Å². The number of nitrogens with one attached hydrogen (secondary N) is 1. The van der Waals surface area contributed by atoms with E-state index in [-0.39, 0.29) is 0 Å². The van der Waals surface area contributed by atoms with Crippen LogP contribution in [0.4, 0.5) is 11.4 Å². The predicted molar refractivity (Wildman–Crippen MR) is 89.3 cm³/mol. The molecule has 0 atom stereocenters. The van der Waals surface area contributed by atoms with E-state index in [9.17, 15) is 0 Å². The van der Waals surface area contributed by atoms with Gasteiger partial charge in [0.1, 0.15) is 0 Å². The van der Waals surface area contributed by atoms with Gasteiger partial charge in [-0.1, -0.05) is 70.5 Å². The molecule has 0 saturated carbocycles. The molecule has 3 rings (SSSR count). The molecular formula is C18H14BrN. The summed E-state index contributed by atoms with van der Waals surface area (Å²) in [7, 11) is 0. The second kappa shape index (κ2) is 5.93. The molecule has 0 aliphatic rings. The molecule has 0 radical (unpaired) electrons. The molecule has 0 aliphatic heterocycles. The quantitative estimate of drug-likeness (QED) is 0.636. The van der Waals surface area contributed by atoms with Gasteiger partial charge in [0.25, 0.3) is 0 Å². The van der Waals surface area contributed by atoms with Crippen molar-refractivity contribution < 1.29 is 0 Å². The molecule has 0 unspecified atom stereocenters. The third-order valence-electron chi connectivity index (χ3n) is 3.12. The maximum absolute atomic E-state index is 3.50. The van der Waals surface area contributed by atoms with Crippen molar-refractivity contribution in [2.24, 2.45) is 0 Å². The van der Waals surface area contributed by atoms with Gasteiger partial charge in [0, 0.05) is 21.4 Å². The molecule has 20 heavy (non-hydrogen) atoms. The van der Waals surface area contributed by atoms with Crippen molar-refractivity contribution >= 4 is 27.3 Å². The molecule has 98 valence electrons. The Morgan fingerprint density at radius 3 is 2.25 bits per heavy atom. The lowest BCUT2D eigenvalue weighted by Crippen LogP contribution is -1.93. The van der Waals surface area contributed by atoms with Crippen LogP contribution < -0.4 is 5.32 Å². The van der Waals surface area contributed by atoms with Crippen molar-refractivity contribution in [2.75, 3.05) is 5.32 Å². The highest BCUT2D eigenvalue weighted by Crippen LogP contribution is 2.30. The van der Waals surface area contributed by atoms with Gasteiger partial charge in [-0.05, 0) is 29.8 Å². The fraction of sp³-hybridized carbons (Fsp3) is 0. The Kier molecular flexibility index (Phi) is 3.84. The summed E-state index contributed by atoms with van der Waals surface area (Å²) in [5, 5.41) is 3.48. The van der Waals surface area contributed by atoms with Crippen molar-refractivity contribution in [3.05, 3.63) is 83.3 Å². The van der Waals surface area contributed by atoms with Crippen LogP contribution in [0.3, 0.4) is 0 Å². The van der Waals surface area contributed by atoms with Crippen LogP contribution >= 0.6 is 15.9 Å². The van der Waals surface area contributed by atoms with E-state index in [4.69, 9.17) is 0 Å². The summed E-state index contributed by atoms with van der Waals surface area (Å²) in [5.74, 6) is 0. The standard InChI is InChI=1S/C18H14BrN/c19-15-9-6-10-16(13-15)20-18-12-5-4-11-17(18)14-7-2-1-3-8-14/h1-13,20H. The summed E-state index contributed by atoms with van der Waals surface area (Å²) in [6, 6.07) is 26.9. The highest BCUT2D eigenvalue weighted by atomic mass is 79.9. The summed E-state index contributed by atoms with van der Waals surface area (Å²) in [5.41, 5.74) is 4.60. The van der Waals surface area contributed by atoms with E-state index in [2.05, 4.69) is 75.8 Å². The maximum atomic E-state index is 3.50. The first kappa shape index (κ1) is 12.9. The van der Waals surface area contributed by atoms with Crippen molar-refractivity contribution in [3.63, 3.8) is 0 Å². The second-order valence-corrected chi connectivity index (χ2v) is 5.46. The second-order valence-electron chi connectivity index (χ2n) is 4.55. The number of hydrogen-bond donors (Lipinski definition) is 1. The molecular weight excluding hydrogens is 310 g/mol. The molecule has 0 aromatic heterocycles. The number of hydrogen-bond acceptors (Lipinski definition) is 1. The zero-order valence-corrected chi connectivity index (χ0v) is 12.5. The molecule has 0 aliphatic carbocycles. The molecule has 0 heterocycles. The van der Waals surface area contributed by atoms with Crippen LogP contribution in [-0.2, 0) is 0 Å². The lowest BCUT2D eigenvalue weighted by Gasteiger charge is -2.12. The third-order valence-corrected chi connectivity index (χ3v) is 3.61. The third kappa shape index (κ3) is 2.91. The fourth-order valence-corrected chi connectivity index (χ4v) is 2.58. The van der Waals surface area contributed by atoms with Crippen LogP contribution in [0.2, 0.25) is 0 Å². The minimum absolute atomic E-state index is 1.07. The van der Waals surface area contributed by atoms with Gasteiger partial charge in [-0.2, -0.15) is 0 Å². The van der Waals surface area contributed by atoms with Crippen LogP contribution in [0.25, 0.3) is 11.1 Å².